The van der Waals surface area contributed by atoms with Crippen LogP contribution < -0.4 is 9.47 Å². The predicted molar refractivity (Wildman–Crippen MR) is 125 cm³/mol. The van der Waals surface area contributed by atoms with Gasteiger partial charge in [-0.2, -0.15) is 0 Å². The number of rotatable bonds is 14. The highest BCUT2D eigenvalue weighted by Crippen LogP contribution is 2.43. The lowest BCUT2D eigenvalue weighted by Crippen LogP contribution is -2.42. The van der Waals surface area contributed by atoms with E-state index in [0.29, 0.717) is 50.5 Å². The summed E-state index contributed by atoms with van der Waals surface area (Å²) >= 11 is 0. The van der Waals surface area contributed by atoms with Crippen LogP contribution >= 0.6 is 0 Å². The van der Waals surface area contributed by atoms with Gasteiger partial charge < -0.3 is 24.1 Å². The van der Waals surface area contributed by atoms with Gasteiger partial charge in [-0.15, -0.1) is 6.58 Å². The first-order valence-electron chi connectivity index (χ1n) is 11.5. The number of aliphatic hydroxyl groups excluding tert-OH is 1. The summed E-state index contributed by atoms with van der Waals surface area (Å²) in [6.07, 6.45) is 5.20. The second-order valence-corrected chi connectivity index (χ2v) is 8.14. The molecule has 32 heavy (non-hydrogen) atoms. The standard InChI is InChI=1S/C25H39NO6/c1-5-7-22(28)16-20-10-12-26(11-6-2)21(17-27)15-19-8-9-23(25(30-4)24(19)20)32-18-31-14-13-29-3/h6,8-9,20-21,27H,2,5,7,10-18H2,1,3-4H3/t20-,21?/m1/s1. The summed E-state index contributed by atoms with van der Waals surface area (Å²) in [7, 11) is 3.25. The highest BCUT2D eigenvalue weighted by molar-refractivity contribution is 5.79. The van der Waals surface area contributed by atoms with Crippen molar-refractivity contribution in [1.29, 1.82) is 0 Å². The van der Waals surface area contributed by atoms with Crippen LogP contribution in [-0.4, -0.2) is 75.8 Å². The monoisotopic (exact) mass is 449 g/mol. The van der Waals surface area contributed by atoms with Crippen LogP contribution in [-0.2, 0) is 20.7 Å². The smallest absolute Gasteiger partial charge is 0.189 e. The van der Waals surface area contributed by atoms with Gasteiger partial charge in [0.05, 0.1) is 26.9 Å². The Morgan fingerprint density at radius 1 is 1.31 bits per heavy atom. The number of carbonyl (C=O) groups excluding carboxylic acids is 1. The number of ketones is 1. The average molecular weight is 450 g/mol. The third-order valence-electron chi connectivity index (χ3n) is 5.91. The van der Waals surface area contributed by atoms with Crippen molar-refractivity contribution < 1.29 is 28.8 Å². The summed E-state index contributed by atoms with van der Waals surface area (Å²) in [6.45, 7) is 8.45. The molecule has 1 heterocycles. The predicted octanol–water partition coefficient (Wildman–Crippen LogP) is 3.33. The topological polar surface area (TPSA) is 77.5 Å². The van der Waals surface area contributed by atoms with E-state index in [-0.39, 0.29) is 31.1 Å². The first-order chi connectivity index (χ1) is 15.6. The molecule has 0 aliphatic carbocycles. The van der Waals surface area contributed by atoms with Crippen molar-refractivity contribution in [3.8, 4) is 11.5 Å². The van der Waals surface area contributed by atoms with Crippen molar-refractivity contribution in [2.45, 2.75) is 51.0 Å². The van der Waals surface area contributed by atoms with Crippen LogP contribution in [0.25, 0.3) is 0 Å². The first kappa shape index (κ1) is 26.3. The van der Waals surface area contributed by atoms with Crippen LogP contribution in [0.2, 0.25) is 0 Å². The van der Waals surface area contributed by atoms with Crippen LogP contribution in [0.5, 0.6) is 11.5 Å². The number of hydrogen-bond acceptors (Lipinski definition) is 7. The second kappa shape index (κ2) is 14.3. The van der Waals surface area contributed by atoms with Gasteiger partial charge in [-0.3, -0.25) is 9.69 Å². The molecule has 7 heteroatoms. The number of carbonyl (C=O) groups is 1. The van der Waals surface area contributed by atoms with E-state index in [1.165, 1.54) is 0 Å². The zero-order valence-corrected chi connectivity index (χ0v) is 19.8. The largest absolute Gasteiger partial charge is 0.493 e. The van der Waals surface area contributed by atoms with Gasteiger partial charge in [0, 0.05) is 38.1 Å². The van der Waals surface area contributed by atoms with Gasteiger partial charge in [-0.1, -0.05) is 19.1 Å². The molecule has 1 aliphatic rings. The summed E-state index contributed by atoms with van der Waals surface area (Å²) in [5.41, 5.74) is 2.10. The summed E-state index contributed by atoms with van der Waals surface area (Å²) in [4.78, 5) is 14.9. The molecule has 0 fully saturated rings. The van der Waals surface area contributed by atoms with Crippen LogP contribution in [0.3, 0.4) is 0 Å². The number of fused-ring (bicyclic) bond motifs is 1. The fourth-order valence-corrected chi connectivity index (χ4v) is 4.35. The Labute approximate surface area is 192 Å². The quantitative estimate of drug-likeness (QED) is 0.265. The summed E-state index contributed by atoms with van der Waals surface area (Å²) < 4.78 is 22.1. The van der Waals surface area contributed by atoms with E-state index in [2.05, 4.69) is 11.5 Å². The van der Waals surface area contributed by atoms with Crippen LogP contribution in [0, 0.1) is 0 Å². The van der Waals surface area contributed by atoms with Crippen molar-refractivity contribution in [2.75, 3.05) is 53.9 Å². The Bertz CT molecular complexity index is 723. The molecule has 0 saturated heterocycles. The number of Topliss-reactive ketones (excluding diaryl/α,β-unsaturated/α-hetero) is 1. The van der Waals surface area contributed by atoms with E-state index in [1.54, 1.807) is 14.2 Å². The molecule has 2 rings (SSSR count). The number of hydrogen-bond donors (Lipinski definition) is 1. The van der Waals surface area contributed by atoms with Gasteiger partial charge in [-0.05, 0) is 43.4 Å². The molecule has 2 atom stereocenters. The van der Waals surface area contributed by atoms with E-state index in [1.807, 2.05) is 25.1 Å². The van der Waals surface area contributed by atoms with Crippen LogP contribution in [0.1, 0.15) is 49.7 Å². The zero-order chi connectivity index (χ0) is 23.3. The summed E-state index contributed by atoms with van der Waals surface area (Å²) in [5, 5.41) is 10.1. The summed E-state index contributed by atoms with van der Waals surface area (Å²) in [6, 6.07) is 3.89. The molecule has 180 valence electrons. The van der Waals surface area contributed by atoms with Crippen molar-refractivity contribution in [3.63, 3.8) is 0 Å². The fourth-order valence-electron chi connectivity index (χ4n) is 4.35. The third-order valence-corrected chi connectivity index (χ3v) is 5.91. The summed E-state index contributed by atoms with van der Waals surface area (Å²) in [5.74, 6) is 1.53. The van der Waals surface area contributed by atoms with E-state index >= 15 is 0 Å². The molecule has 1 N–H and O–H groups in total. The van der Waals surface area contributed by atoms with Crippen molar-refractivity contribution in [1.82, 2.24) is 4.90 Å². The Morgan fingerprint density at radius 2 is 2.12 bits per heavy atom. The van der Waals surface area contributed by atoms with Crippen molar-refractivity contribution in [2.24, 2.45) is 0 Å². The minimum Gasteiger partial charge on any atom is -0.493 e. The van der Waals surface area contributed by atoms with Gasteiger partial charge in [0.25, 0.3) is 0 Å². The van der Waals surface area contributed by atoms with E-state index in [4.69, 9.17) is 18.9 Å². The average Bonchev–Trinajstić information content (AvgIpc) is 2.78. The van der Waals surface area contributed by atoms with Crippen LogP contribution in [0.15, 0.2) is 24.8 Å². The molecular weight excluding hydrogens is 410 g/mol. The van der Waals surface area contributed by atoms with Crippen LogP contribution in [0.4, 0.5) is 0 Å². The number of benzene rings is 1. The van der Waals surface area contributed by atoms with E-state index < -0.39 is 0 Å². The van der Waals surface area contributed by atoms with E-state index in [0.717, 1.165) is 30.5 Å². The number of nitrogens with zero attached hydrogens (tertiary/aromatic N) is 1. The van der Waals surface area contributed by atoms with Gasteiger partial charge in [0.1, 0.15) is 5.78 Å². The van der Waals surface area contributed by atoms with Crippen molar-refractivity contribution in [3.05, 3.63) is 35.9 Å². The highest BCUT2D eigenvalue weighted by Gasteiger charge is 2.31. The normalized spacial score (nSPS) is 19.0. The minimum atomic E-state index is -0.0205. The van der Waals surface area contributed by atoms with Crippen molar-refractivity contribution >= 4 is 5.78 Å². The molecule has 1 unspecified atom stereocenters. The molecule has 7 nitrogen and oxygen atoms in total. The molecule has 0 aromatic heterocycles. The van der Waals surface area contributed by atoms with Gasteiger partial charge in [-0.25, -0.2) is 0 Å². The molecule has 0 saturated carbocycles. The number of ether oxygens (including phenoxy) is 4. The second-order valence-electron chi connectivity index (χ2n) is 8.14. The third kappa shape index (κ3) is 7.30. The van der Waals surface area contributed by atoms with Gasteiger partial charge >= 0.3 is 0 Å². The SMILES string of the molecule is C=CCN1CC[C@H](CC(=O)CCC)c2c(ccc(OCOCCOC)c2OC)CC1CO. The lowest BCUT2D eigenvalue weighted by Gasteiger charge is -2.36. The molecule has 0 spiro atoms. The lowest BCUT2D eigenvalue weighted by molar-refractivity contribution is -0.119. The fraction of sp³-hybridized carbons (Fsp3) is 0.640. The minimum absolute atomic E-state index is 0.0175. The Morgan fingerprint density at radius 3 is 2.78 bits per heavy atom. The maximum atomic E-state index is 12.6. The Balaban J connectivity index is 2.39. The maximum Gasteiger partial charge on any atom is 0.189 e. The molecule has 0 radical (unpaired) electrons. The Hall–Kier alpha value is -1.93. The van der Waals surface area contributed by atoms with E-state index in [9.17, 15) is 9.90 Å². The molecule has 0 amide bonds. The Kier molecular flexibility index (Phi) is 11.7. The van der Waals surface area contributed by atoms with Gasteiger partial charge in [0.2, 0.25) is 0 Å². The zero-order valence-electron chi connectivity index (χ0n) is 19.8. The maximum absolute atomic E-state index is 12.6. The molecule has 1 aromatic rings. The molecular formula is C25H39NO6. The first-order valence-corrected chi connectivity index (χ1v) is 11.5. The lowest BCUT2D eigenvalue weighted by atomic mass is 9.82. The molecule has 0 bridgehead atoms. The number of aliphatic hydroxyl groups is 1. The van der Waals surface area contributed by atoms with Gasteiger partial charge in [0.15, 0.2) is 18.3 Å². The number of methoxy groups -OCH3 is 2. The molecule has 1 aromatic carbocycles. The highest BCUT2D eigenvalue weighted by atomic mass is 16.7. The molecule has 1 aliphatic heterocycles.